The summed E-state index contributed by atoms with van der Waals surface area (Å²) in [6.45, 7) is 4.58. The van der Waals surface area contributed by atoms with Gasteiger partial charge in [0.05, 0.1) is 0 Å². The number of ether oxygens (including phenoxy) is 1. The van der Waals surface area contributed by atoms with Gasteiger partial charge < -0.3 is 10.5 Å². The van der Waals surface area contributed by atoms with Gasteiger partial charge in [0.25, 0.3) is 0 Å². The Morgan fingerprint density at radius 2 is 1.95 bits per heavy atom. The van der Waals surface area contributed by atoms with E-state index in [1.165, 1.54) is 6.07 Å². The summed E-state index contributed by atoms with van der Waals surface area (Å²) in [5.74, 6) is 0.809. The van der Waals surface area contributed by atoms with Crippen LogP contribution in [0.3, 0.4) is 0 Å². The summed E-state index contributed by atoms with van der Waals surface area (Å²) in [5, 5.41) is 0. The van der Waals surface area contributed by atoms with Crippen LogP contribution in [0, 0.1) is 5.82 Å². The van der Waals surface area contributed by atoms with E-state index >= 15 is 0 Å². The molecule has 0 radical (unpaired) electrons. The molecule has 4 heteroatoms. The van der Waals surface area contributed by atoms with Crippen LogP contribution in [-0.2, 0) is 6.61 Å². The van der Waals surface area contributed by atoms with Crippen molar-refractivity contribution in [3.05, 3.63) is 65.0 Å². The first kappa shape index (κ1) is 15.4. The fraction of sp³-hybridized carbons (Fsp3) is 0.235. The van der Waals surface area contributed by atoms with Gasteiger partial charge in [0.2, 0.25) is 0 Å². The van der Waals surface area contributed by atoms with E-state index in [0.717, 1.165) is 16.9 Å². The Hall–Kier alpha value is -1.94. The van der Waals surface area contributed by atoms with Gasteiger partial charge in [-0.05, 0) is 35.2 Å². The van der Waals surface area contributed by atoms with Crippen molar-refractivity contribution in [2.24, 2.45) is 5.73 Å². The Balaban J connectivity index is 2.17. The third kappa shape index (κ3) is 3.79. The van der Waals surface area contributed by atoms with Crippen molar-refractivity contribution in [2.75, 3.05) is 0 Å². The highest BCUT2D eigenvalue weighted by molar-refractivity contribution is 7.80. The number of benzene rings is 2. The molecule has 0 unspecified atom stereocenters. The van der Waals surface area contributed by atoms with Gasteiger partial charge in [-0.2, -0.15) is 0 Å². The monoisotopic (exact) mass is 303 g/mol. The molecule has 0 saturated carbocycles. The summed E-state index contributed by atoms with van der Waals surface area (Å²) in [4.78, 5) is 0.0527. The van der Waals surface area contributed by atoms with Crippen molar-refractivity contribution < 1.29 is 9.13 Å². The molecule has 0 bridgehead atoms. The number of hydrogen-bond acceptors (Lipinski definition) is 2. The smallest absolute Gasteiger partial charge is 0.133 e. The minimum atomic E-state index is -0.408. The molecule has 0 heterocycles. The third-order valence-corrected chi connectivity index (χ3v) is 3.45. The molecule has 0 saturated heterocycles. The number of thiocarbonyl (C=S) groups is 1. The van der Waals surface area contributed by atoms with Gasteiger partial charge in [-0.25, -0.2) is 4.39 Å². The number of para-hydroxylation sites is 1. The number of hydrogen-bond donors (Lipinski definition) is 1. The fourth-order valence-corrected chi connectivity index (χ4v) is 2.26. The molecular formula is C17H18FNOS. The van der Waals surface area contributed by atoms with E-state index in [-0.39, 0.29) is 10.6 Å². The average molecular weight is 303 g/mol. The standard InChI is InChI=1S/C17H18FNOS/c1-11(2)13-5-3-4-6-16(13)20-10-12-7-8-15(18)14(9-12)17(19)21/h3-9,11H,10H2,1-2H3,(H2,19,21). The van der Waals surface area contributed by atoms with Gasteiger partial charge in [-0.15, -0.1) is 0 Å². The highest BCUT2D eigenvalue weighted by atomic mass is 32.1. The molecule has 21 heavy (non-hydrogen) atoms. The molecule has 0 spiro atoms. The van der Waals surface area contributed by atoms with E-state index in [1.54, 1.807) is 12.1 Å². The Morgan fingerprint density at radius 1 is 1.24 bits per heavy atom. The van der Waals surface area contributed by atoms with Crippen LogP contribution in [0.1, 0.15) is 36.5 Å². The van der Waals surface area contributed by atoms with Gasteiger partial charge in [0.15, 0.2) is 0 Å². The van der Waals surface area contributed by atoms with Gasteiger partial charge in [0, 0.05) is 5.56 Å². The molecule has 2 aromatic carbocycles. The van der Waals surface area contributed by atoms with Crippen LogP contribution in [0.5, 0.6) is 5.75 Å². The van der Waals surface area contributed by atoms with Crippen molar-refractivity contribution in [3.63, 3.8) is 0 Å². The predicted molar refractivity (Wildman–Crippen MR) is 87.2 cm³/mol. The van der Waals surface area contributed by atoms with Crippen LogP contribution < -0.4 is 10.5 Å². The zero-order valence-electron chi connectivity index (χ0n) is 12.1. The first-order valence-electron chi connectivity index (χ1n) is 6.79. The molecule has 0 fully saturated rings. The van der Waals surface area contributed by atoms with Crippen LogP contribution in [0.2, 0.25) is 0 Å². The largest absolute Gasteiger partial charge is 0.489 e. The van der Waals surface area contributed by atoms with E-state index in [4.69, 9.17) is 22.7 Å². The van der Waals surface area contributed by atoms with Gasteiger partial charge >= 0.3 is 0 Å². The maximum absolute atomic E-state index is 13.5. The molecule has 0 aromatic heterocycles. The van der Waals surface area contributed by atoms with Crippen molar-refractivity contribution in [1.82, 2.24) is 0 Å². The molecule has 2 N–H and O–H groups in total. The normalized spacial score (nSPS) is 10.7. The predicted octanol–water partition coefficient (Wildman–Crippen LogP) is 4.16. The minimum Gasteiger partial charge on any atom is -0.489 e. The fourth-order valence-electron chi connectivity index (χ4n) is 2.10. The first-order valence-corrected chi connectivity index (χ1v) is 7.20. The molecule has 0 aliphatic rings. The highest BCUT2D eigenvalue weighted by Crippen LogP contribution is 2.26. The molecule has 110 valence electrons. The molecule has 2 nitrogen and oxygen atoms in total. The Morgan fingerprint density at radius 3 is 2.62 bits per heavy atom. The molecule has 0 aliphatic carbocycles. The van der Waals surface area contributed by atoms with Gasteiger partial charge in [0.1, 0.15) is 23.2 Å². The average Bonchev–Trinajstić information content (AvgIpc) is 2.46. The van der Waals surface area contributed by atoms with Crippen molar-refractivity contribution in [3.8, 4) is 5.75 Å². The summed E-state index contributed by atoms with van der Waals surface area (Å²) in [6, 6.07) is 12.6. The summed E-state index contributed by atoms with van der Waals surface area (Å²) in [7, 11) is 0. The molecule has 2 rings (SSSR count). The SMILES string of the molecule is CC(C)c1ccccc1OCc1ccc(F)c(C(N)=S)c1. The second-order valence-corrected chi connectivity index (χ2v) is 5.60. The van der Waals surface area contributed by atoms with Crippen LogP contribution >= 0.6 is 12.2 Å². The maximum Gasteiger partial charge on any atom is 0.133 e. The third-order valence-electron chi connectivity index (χ3n) is 3.23. The van der Waals surface area contributed by atoms with Crippen molar-refractivity contribution >= 4 is 17.2 Å². The van der Waals surface area contributed by atoms with E-state index in [0.29, 0.717) is 12.5 Å². The minimum absolute atomic E-state index is 0.0527. The lowest BCUT2D eigenvalue weighted by atomic mass is 10.0. The zero-order valence-corrected chi connectivity index (χ0v) is 12.9. The van der Waals surface area contributed by atoms with E-state index in [2.05, 4.69) is 13.8 Å². The van der Waals surface area contributed by atoms with Crippen LogP contribution in [0.4, 0.5) is 4.39 Å². The number of rotatable bonds is 5. The Labute approximate surface area is 129 Å². The molecule has 0 atom stereocenters. The van der Waals surface area contributed by atoms with Crippen LogP contribution in [0.25, 0.3) is 0 Å². The zero-order chi connectivity index (χ0) is 15.4. The highest BCUT2D eigenvalue weighted by Gasteiger charge is 2.09. The van der Waals surface area contributed by atoms with Crippen LogP contribution in [0.15, 0.2) is 42.5 Å². The summed E-state index contributed by atoms with van der Waals surface area (Å²) >= 11 is 4.84. The maximum atomic E-state index is 13.5. The molecule has 2 aromatic rings. The lowest BCUT2D eigenvalue weighted by molar-refractivity contribution is 0.301. The lowest BCUT2D eigenvalue weighted by Crippen LogP contribution is -2.12. The van der Waals surface area contributed by atoms with Crippen LogP contribution in [-0.4, -0.2) is 4.99 Å². The quantitative estimate of drug-likeness (QED) is 0.842. The topological polar surface area (TPSA) is 35.2 Å². The van der Waals surface area contributed by atoms with E-state index in [9.17, 15) is 4.39 Å². The Bertz CT molecular complexity index is 655. The summed E-state index contributed by atoms with van der Waals surface area (Å²) in [6.07, 6.45) is 0. The molecular weight excluding hydrogens is 285 g/mol. The molecule has 0 aliphatic heterocycles. The van der Waals surface area contributed by atoms with E-state index < -0.39 is 5.82 Å². The Kier molecular flexibility index (Phi) is 4.91. The van der Waals surface area contributed by atoms with Crippen molar-refractivity contribution in [2.45, 2.75) is 26.4 Å². The number of halogens is 1. The van der Waals surface area contributed by atoms with Gasteiger partial charge in [-0.3, -0.25) is 0 Å². The summed E-state index contributed by atoms with van der Waals surface area (Å²) in [5.41, 5.74) is 7.74. The second-order valence-electron chi connectivity index (χ2n) is 5.16. The molecule has 0 amide bonds. The van der Waals surface area contributed by atoms with Gasteiger partial charge in [-0.1, -0.05) is 50.3 Å². The number of nitrogens with two attached hydrogens (primary N) is 1. The second kappa shape index (κ2) is 6.68. The lowest BCUT2D eigenvalue weighted by Gasteiger charge is -2.14. The van der Waals surface area contributed by atoms with Crippen molar-refractivity contribution in [1.29, 1.82) is 0 Å². The first-order chi connectivity index (χ1) is 9.99. The summed E-state index contributed by atoms with van der Waals surface area (Å²) < 4.78 is 19.4. The van der Waals surface area contributed by atoms with E-state index in [1.807, 2.05) is 24.3 Å².